The van der Waals surface area contributed by atoms with Crippen molar-refractivity contribution in [2.75, 3.05) is 6.54 Å². The lowest BCUT2D eigenvalue weighted by Crippen LogP contribution is -2.21. The molecule has 5 heteroatoms. The van der Waals surface area contributed by atoms with Crippen molar-refractivity contribution in [2.24, 2.45) is 0 Å². The number of hydrogen-bond acceptors (Lipinski definition) is 3. The van der Waals surface area contributed by atoms with E-state index in [2.05, 4.69) is 5.32 Å². The van der Waals surface area contributed by atoms with E-state index < -0.39 is 0 Å². The van der Waals surface area contributed by atoms with Crippen LogP contribution >= 0.6 is 11.6 Å². The summed E-state index contributed by atoms with van der Waals surface area (Å²) in [7, 11) is 0. The van der Waals surface area contributed by atoms with Crippen molar-refractivity contribution in [3.8, 4) is 0 Å². The van der Waals surface area contributed by atoms with E-state index in [4.69, 9.17) is 11.6 Å². The molecule has 0 bridgehead atoms. The van der Waals surface area contributed by atoms with Crippen LogP contribution in [0, 0.1) is 10.1 Å². The van der Waals surface area contributed by atoms with Crippen LogP contribution in [-0.2, 0) is 0 Å². The van der Waals surface area contributed by atoms with Crippen LogP contribution in [0.5, 0.6) is 0 Å². The zero-order chi connectivity index (χ0) is 12.3. The average molecular weight is 255 g/mol. The summed E-state index contributed by atoms with van der Waals surface area (Å²) in [4.78, 5) is 10.7. The van der Waals surface area contributed by atoms with Crippen LogP contribution < -0.4 is 5.32 Å². The average Bonchev–Trinajstić information content (AvgIpc) is 2.57. The Bertz CT molecular complexity index is 415. The van der Waals surface area contributed by atoms with Crippen LogP contribution in [0.4, 0.5) is 5.69 Å². The smallest absolute Gasteiger partial charge is 0.275 e. The standard InChI is InChI=1S/C12H15ClN2O2/c13-9-5-4-7-11(15(16)17)12(9)10-6-2-1-3-8-14-10/h4-5,7,10,14H,1-3,6,8H2. The molecule has 1 saturated heterocycles. The number of benzene rings is 1. The van der Waals surface area contributed by atoms with Gasteiger partial charge in [-0.05, 0) is 25.5 Å². The van der Waals surface area contributed by atoms with E-state index >= 15 is 0 Å². The summed E-state index contributed by atoms with van der Waals surface area (Å²) >= 11 is 6.12. The van der Waals surface area contributed by atoms with E-state index in [9.17, 15) is 10.1 Å². The molecule has 1 heterocycles. The topological polar surface area (TPSA) is 55.2 Å². The largest absolute Gasteiger partial charge is 0.310 e. The van der Waals surface area contributed by atoms with Gasteiger partial charge in [0.25, 0.3) is 5.69 Å². The number of hydrogen-bond donors (Lipinski definition) is 1. The van der Waals surface area contributed by atoms with Crippen LogP contribution in [0.1, 0.15) is 37.3 Å². The first-order valence-corrected chi connectivity index (χ1v) is 6.24. The third kappa shape index (κ3) is 2.76. The van der Waals surface area contributed by atoms with E-state index in [1.807, 2.05) is 0 Å². The maximum Gasteiger partial charge on any atom is 0.275 e. The second-order valence-corrected chi connectivity index (χ2v) is 4.69. The molecule has 0 aromatic heterocycles. The number of halogens is 1. The molecule has 1 N–H and O–H groups in total. The predicted molar refractivity (Wildman–Crippen MR) is 67.3 cm³/mol. The SMILES string of the molecule is O=[N+]([O-])c1cccc(Cl)c1C1CCCCCN1. The van der Waals surface area contributed by atoms with Crippen molar-refractivity contribution in [2.45, 2.75) is 31.7 Å². The lowest BCUT2D eigenvalue weighted by Gasteiger charge is -2.17. The van der Waals surface area contributed by atoms with Gasteiger partial charge in [0.15, 0.2) is 0 Å². The summed E-state index contributed by atoms with van der Waals surface area (Å²) in [5.74, 6) is 0. The van der Waals surface area contributed by atoms with E-state index in [0.29, 0.717) is 10.6 Å². The highest BCUT2D eigenvalue weighted by molar-refractivity contribution is 6.31. The Balaban J connectivity index is 2.37. The third-order valence-corrected chi connectivity index (χ3v) is 3.46. The molecule has 1 aromatic carbocycles. The molecule has 92 valence electrons. The van der Waals surface area contributed by atoms with Gasteiger partial charge in [-0.15, -0.1) is 0 Å². The molecular weight excluding hydrogens is 240 g/mol. The van der Waals surface area contributed by atoms with Gasteiger partial charge in [0.05, 0.1) is 15.5 Å². The molecular formula is C12H15ClN2O2. The molecule has 1 fully saturated rings. The van der Waals surface area contributed by atoms with Gasteiger partial charge in [-0.2, -0.15) is 0 Å². The number of nitro benzene ring substituents is 1. The van der Waals surface area contributed by atoms with Crippen LogP contribution in [0.25, 0.3) is 0 Å². The van der Waals surface area contributed by atoms with Gasteiger partial charge < -0.3 is 5.32 Å². The Morgan fingerprint density at radius 3 is 2.94 bits per heavy atom. The van der Waals surface area contributed by atoms with Crippen molar-refractivity contribution in [1.29, 1.82) is 0 Å². The van der Waals surface area contributed by atoms with E-state index in [1.165, 1.54) is 12.5 Å². The summed E-state index contributed by atoms with van der Waals surface area (Å²) < 4.78 is 0. The molecule has 1 unspecified atom stereocenters. The predicted octanol–water partition coefficient (Wildman–Crippen LogP) is 3.45. The molecule has 0 spiro atoms. The molecule has 17 heavy (non-hydrogen) atoms. The summed E-state index contributed by atoms with van der Waals surface area (Å²) in [5, 5.41) is 14.9. The number of nitrogens with one attached hydrogen (secondary N) is 1. The van der Waals surface area contributed by atoms with Crippen LogP contribution in [0.3, 0.4) is 0 Å². The molecule has 1 aromatic rings. The number of nitro groups is 1. The molecule has 1 atom stereocenters. The molecule has 4 nitrogen and oxygen atoms in total. The van der Waals surface area contributed by atoms with Gasteiger partial charge in [-0.3, -0.25) is 10.1 Å². The maximum absolute atomic E-state index is 11.0. The van der Waals surface area contributed by atoms with Gasteiger partial charge >= 0.3 is 0 Å². The molecule has 0 saturated carbocycles. The van der Waals surface area contributed by atoms with E-state index in [1.54, 1.807) is 12.1 Å². The molecule has 0 aliphatic carbocycles. The fourth-order valence-electron chi connectivity index (χ4n) is 2.30. The van der Waals surface area contributed by atoms with Crippen molar-refractivity contribution in [3.63, 3.8) is 0 Å². The monoisotopic (exact) mass is 254 g/mol. The highest BCUT2D eigenvalue weighted by atomic mass is 35.5. The quantitative estimate of drug-likeness (QED) is 0.650. The van der Waals surface area contributed by atoms with Crippen molar-refractivity contribution >= 4 is 17.3 Å². The van der Waals surface area contributed by atoms with Crippen LogP contribution in [0.15, 0.2) is 18.2 Å². The lowest BCUT2D eigenvalue weighted by atomic mass is 10.0. The Morgan fingerprint density at radius 1 is 1.35 bits per heavy atom. The van der Waals surface area contributed by atoms with Gasteiger partial charge in [0.2, 0.25) is 0 Å². The second kappa shape index (κ2) is 5.47. The molecule has 1 aliphatic heterocycles. The van der Waals surface area contributed by atoms with E-state index in [-0.39, 0.29) is 16.7 Å². The molecule has 2 rings (SSSR count). The minimum absolute atomic E-state index is 0.00611. The summed E-state index contributed by atoms with van der Waals surface area (Å²) in [5.41, 5.74) is 0.762. The second-order valence-electron chi connectivity index (χ2n) is 4.29. The first-order valence-electron chi connectivity index (χ1n) is 5.86. The number of rotatable bonds is 2. The Labute approximate surface area is 105 Å². The maximum atomic E-state index is 11.0. The highest BCUT2D eigenvalue weighted by Gasteiger charge is 2.25. The fourth-order valence-corrected chi connectivity index (χ4v) is 2.61. The molecule has 0 radical (unpaired) electrons. The minimum atomic E-state index is -0.353. The fraction of sp³-hybridized carbons (Fsp3) is 0.500. The summed E-state index contributed by atoms with van der Waals surface area (Å²) in [6, 6.07) is 4.87. The Morgan fingerprint density at radius 2 is 2.18 bits per heavy atom. The summed E-state index contributed by atoms with van der Waals surface area (Å²) in [6.45, 7) is 0.896. The minimum Gasteiger partial charge on any atom is -0.310 e. The van der Waals surface area contributed by atoms with E-state index in [0.717, 1.165) is 25.8 Å². The van der Waals surface area contributed by atoms with Crippen LogP contribution in [-0.4, -0.2) is 11.5 Å². The number of nitrogens with zero attached hydrogens (tertiary/aromatic N) is 1. The normalized spacial score (nSPS) is 20.9. The lowest BCUT2D eigenvalue weighted by molar-refractivity contribution is -0.385. The molecule has 1 aliphatic rings. The van der Waals surface area contributed by atoms with Gasteiger partial charge in [0.1, 0.15) is 0 Å². The molecule has 0 amide bonds. The van der Waals surface area contributed by atoms with Crippen molar-refractivity contribution < 1.29 is 4.92 Å². The van der Waals surface area contributed by atoms with Crippen molar-refractivity contribution in [1.82, 2.24) is 5.32 Å². The highest BCUT2D eigenvalue weighted by Crippen LogP contribution is 2.35. The van der Waals surface area contributed by atoms with Gasteiger partial charge in [-0.1, -0.05) is 30.5 Å². The third-order valence-electron chi connectivity index (χ3n) is 3.14. The van der Waals surface area contributed by atoms with Gasteiger partial charge in [-0.25, -0.2) is 0 Å². The van der Waals surface area contributed by atoms with Crippen LogP contribution in [0.2, 0.25) is 5.02 Å². The zero-order valence-electron chi connectivity index (χ0n) is 9.49. The van der Waals surface area contributed by atoms with Gasteiger partial charge in [0, 0.05) is 12.1 Å². The zero-order valence-corrected chi connectivity index (χ0v) is 10.2. The Kier molecular flexibility index (Phi) is 3.97. The first-order chi connectivity index (χ1) is 8.20. The Hall–Kier alpha value is -1.13. The van der Waals surface area contributed by atoms with Crippen molar-refractivity contribution in [3.05, 3.63) is 38.9 Å². The summed E-state index contributed by atoms with van der Waals surface area (Å²) in [6.07, 6.45) is 4.28. The first kappa shape index (κ1) is 12.3.